The summed E-state index contributed by atoms with van der Waals surface area (Å²) in [5, 5.41) is 0. The van der Waals surface area contributed by atoms with Gasteiger partial charge >= 0.3 is 6.03 Å². The molecule has 0 aliphatic carbocycles. The lowest BCUT2D eigenvalue weighted by Crippen LogP contribution is -2.53. The fraction of sp³-hybridized carbons (Fsp3) is 0.350. The average molecular weight is 403 g/mol. The summed E-state index contributed by atoms with van der Waals surface area (Å²) in [7, 11) is -3.44. The lowest BCUT2D eigenvalue weighted by Gasteiger charge is -2.35. The molecule has 0 saturated carbocycles. The molecule has 2 fully saturated rings. The number of fused-ring (bicyclic) bond motifs is 1. The minimum atomic E-state index is -3.44. The molecule has 2 aliphatic rings. The molecule has 1 unspecified atom stereocenters. The molecule has 2 saturated heterocycles. The summed E-state index contributed by atoms with van der Waals surface area (Å²) in [5.41, 5.74) is 1.61. The number of hydrogen-bond acceptors (Lipinski definition) is 3. The zero-order valence-electron chi connectivity index (χ0n) is 15.4. The Hall–Kier alpha value is -2.45. The quantitative estimate of drug-likeness (QED) is 0.770. The van der Waals surface area contributed by atoms with E-state index in [1.807, 2.05) is 18.2 Å². The van der Waals surface area contributed by atoms with Gasteiger partial charge in [-0.05, 0) is 23.3 Å². The van der Waals surface area contributed by atoms with Crippen LogP contribution in [0, 0.1) is 5.82 Å². The highest BCUT2D eigenvalue weighted by Gasteiger charge is 2.42. The van der Waals surface area contributed by atoms with Crippen molar-refractivity contribution in [2.75, 3.05) is 26.2 Å². The number of amides is 2. The topological polar surface area (TPSA) is 60.9 Å². The lowest BCUT2D eigenvalue weighted by atomic mass is 10.2. The Labute approximate surface area is 164 Å². The Kier molecular flexibility index (Phi) is 5.07. The van der Waals surface area contributed by atoms with Crippen molar-refractivity contribution < 1.29 is 17.6 Å². The van der Waals surface area contributed by atoms with Gasteiger partial charge in [0, 0.05) is 32.7 Å². The first-order valence-corrected chi connectivity index (χ1v) is 10.8. The van der Waals surface area contributed by atoms with Crippen molar-refractivity contribution in [2.24, 2.45) is 0 Å². The molecule has 4 rings (SSSR count). The number of hydrogen-bond donors (Lipinski definition) is 0. The monoisotopic (exact) mass is 403 g/mol. The molecule has 1 atom stereocenters. The summed E-state index contributed by atoms with van der Waals surface area (Å²) in [5.74, 6) is -0.346. The maximum Gasteiger partial charge on any atom is 0.320 e. The number of piperazine rings is 1. The van der Waals surface area contributed by atoms with Crippen molar-refractivity contribution in [3.05, 3.63) is 71.5 Å². The van der Waals surface area contributed by atoms with E-state index in [1.165, 1.54) is 16.4 Å². The summed E-state index contributed by atoms with van der Waals surface area (Å²) in [4.78, 5) is 16.1. The molecule has 0 bridgehead atoms. The molecular formula is C20H22FN3O3S. The smallest absolute Gasteiger partial charge is 0.318 e. The summed E-state index contributed by atoms with van der Waals surface area (Å²) in [6.07, 6.45) is 0. The highest BCUT2D eigenvalue weighted by atomic mass is 32.2. The van der Waals surface area contributed by atoms with E-state index < -0.39 is 10.0 Å². The SMILES string of the molecule is O=C1N(Cc2ccc(F)cc2)CC2CN(S(=O)(=O)Cc3ccccc3)CCN12. The van der Waals surface area contributed by atoms with Gasteiger partial charge in [0.2, 0.25) is 10.0 Å². The van der Waals surface area contributed by atoms with Crippen LogP contribution in [0.4, 0.5) is 9.18 Å². The molecule has 2 amide bonds. The van der Waals surface area contributed by atoms with Gasteiger partial charge < -0.3 is 9.80 Å². The van der Waals surface area contributed by atoms with Crippen molar-refractivity contribution >= 4 is 16.1 Å². The van der Waals surface area contributed by atoms with Crippen LogP contribution in [0.3, 0.4) is 0 Å². The van der Waals surface area contributed by atoms with Gasteiger partial charge in [0.05, 0.1) is 11.8 Å². The number of nitrogens with zero attached hydrogens (tertiary/aromatic N) is 3. The van der Waals surface area contributed by atoms with E-state index in [0.717, 1.165) is 11.1 Å². The first-order chi connectivity index (χ1) is 13.4. The average Bonchev–Trinajstić information content (AvgIpc) is 2.99. The number of benzene rings is 2. The van der Waals surface area contributed by atoms with E-state index in [2.05, 4.69) is 0 Å². The molecule has 28 heavy (non-hydrogen) atoms. The molecule has 0 N–H and O–H groups in total. The van der Waals surface area contributed by atoms with E-state index >= 15 is 0 Å². The number of carbonyl (C=O) groups excluding carboxylic acids is 1. The zero-order chi connectivity index (χ0) is 19.7. The molecular weight excluding hydrogens is 381 g/mol. The van der Waals surface area contributed by atoms with Crippen molar-refractivity contribution in [1.82, 2.24) is 14.1 Å². The molecule has 2 aromatic carbocycles. The second-order valence-corrected chi connectivity index (χ2v) is 9.21. The predicted molar refractivity (Wildman–Crippen MR) is 103 cm³/mol. The standard InChI is InChI=1S/C20H22FN3O3S/c21-18-8-6-16(7-9-18)12-22-13-19-14-23(10-11-24(19)20(22)25)28(26,27)15-17-4-2-1-3-5-17/h1-9,19H,10-15H2. The summed E-state index contributed by atoms with van der Waals surface area (Å²) < 4.78 is 40.2. The lowest BCUT2D eigenvalue weighted by molar-refractivity contribution is 0.159. The van der Waals surface area contributed by atoms with Crippen LogP contribution < -0.4 is 0 Å². The van der Waals surface area contributed by atoms with Gasteiger partial charge in [0.1, 0.15) is 5.82 Å². The molecule has 0 radical (unpaired) electrons. The minimum Gasteiger partial charge on any atom is -0.318 e. The number of urea groups is 1. The maximum atomic E-state index is 13.1. The van der Waals surface area contributed by atoms with E-state index in [0.29, 0.717) is 32.7 Å². The Morgan fingerprint density at radius 3 is 2.36 bits per heavy atom. The van der Waals surface area contributed by atoms with Crippen LogP contribution in [0.1, 0.15) is 11.1 Å². The first kappa shape index (κ1) is 18.9. The second-order valence-electron chi connectivity index (χ2n) is 7.24. The maximum absolute atomic E-state index is 13.1. The Bertz CT molecular complexity index is 950. The fourth-order valence-electron chi connectivity index (χ4n) is 3.82. The molecule has 148 valence electrons. The van der Waals surface area contributed by atoms with Crippen molar-refractivity contribution in [2.45, 2.75) is 18.3 Å². The highest BCUT2D eigenvalue weighted by Crippen LogP contribution is 2.25. The van der Waals surface area contributed by atoms with Gasteiger partial charge in [0.25, 0.3) is 0 Å². The summed E-state index contributed by atoms with van der Waals surface area (Å²) >= 11 is 0. The van der Waals surface area contributed by atoms with E-state index in [4.69, 9.17) is 0 Å². The third kappa shape index (κ3) is 3.88. The minimum absolute atomic E-state index is 0.0339. The summed E-state index contributed by atoms with van der Waals surface area (Å²) in [6, 6.07) is 14.9. The molecule has 6 nitrogen and oxygen atoms in total. The van der Waals surface area contributed by atoms with Crippen molar-refractivity contribution in [1.29, 1.82) is 0 Å². The van der Waals surface area contributed by atoms with Crippen LogP contribution in [0.25, 0.3) is 0 Å². The molecule has 2 aromatic rings. The van der Waals surface area contributed by atoms with Gasteiger partial charge in [-0.2, -0.15) is 4.31 Å². The van der Waals surface area contributed by atoms with Crippen LogP contribution >= 0.6 is 0 Å². The van der Waals surface area contributed by atoms with E-state index in [9.17, 15) is 17.6 Å². The Balaban J connectivity index is 1.42. The number of sulfonamides is 1. The van der Waals surface area contributed by atoms with Crippen LogP contribution in [-0.4, -0.2) is 60.8 Å². The van der Waals surface area contributed by atoms with Crippen molar-refractivity contribution in [3.63, 3.8) is 0 Å². The largest absolute Gasteiger partial charge is 0.320 e. The van der Waals surface area contributed by atoms with Gasteiger partial charge in [-0.1, -0.05) is 42.5 Å². The zero-order valence-corrected chi connectivity index (χ0v) is 16.2. The third-order valence-corrected chi connectivity index (χ3v) is 7.08. The second kappa shape index (κ2) is 7.52. The van der Waals surface area contributed by atoms with Gasteiger partial charge in [-0.15, -0.1) is 0 Å². The molecule has 8 heteroatoms. The first-order valence-electron chi connectivity index (χ1n) is 9.24. The fourth-order valence-corrected chi connectivity index (χ4v) is 5.38. The summed E-state index contributed by atoms with van der Waals surface area (Å²) in [6.45, 7) is 1.86. The third-order valence-electron chi connectivity index (χ3n) is 5.26. The van der Waals surface area contributed by atoms with Crippen molar-refractivity contribution in [3.8, 4) is 0 Å². The van der Waals surface area contributed by atoms with Gasteiger partial charge in [0.15, 0.2) is 0 Å². The molecule has 2 heterocycles. The number of rotatable bonds is 5. The number of halogens is 1. The molecule has 0 spiro atoms. The van der Waals surface area contributed by atoms with E-state index in [1.54, 1.807) is 34.1 Å². The van der Waals surface area contributed by atoms with Crippen LogP contribution in [0.2, 0.25) is 0 Å². The normalized spacial score (nSPS) is 20.5. The number of carbonyl (C=O) groups is 1. The van der Waals surface area contributed by atoms with Gasteiger partial charge in [-0.25, -0.2) is 17.6 Å². The Morgan fingerprint density at radius 2 is 1.64 bits per heavy atom. The predicted octanol–water partition coefficient (Wildman–Crippen LogP) is 2.28. The molecule has 2 aliphatic heterocycles. The van der Waals surface area contributed by atoms with Gasteiger partial charge in [-0.3, -0.25) is 0 Å². The van der Waals surface area contributed by atoms with E-state index in [-0.39, 0.29) is 23.6 Å². The molecule has 0 aromatic heterocycles. The Morgan fingerprint density at radius 1 is 0.929 bits per heavy atom. The van der Waals surface area contributed by atoms with Crippen LogP contribution in [0.5, 0.6) is 0 Å². The highest BCUT2D eigenvalue weighted by molar-refractivity contribution is 7.88. The van der Waals surface area contributed by atoms with Crippen LogP contribution in [-0.2, 0) is 22.3 Å². The van der Waals surface area contributed by atoms with Crippen LogP contribution in [0.15, 0.2) is 54.6 Å².